The third kappa shape index (κ3) is 3.28. The maximum absolute atomic E-state index is 6.13. The maximum Gasteiger partial charge on any atom is 0.134 e. The Hall–Kier alpha value is -0.970. The minimum absolute atomic E-state index is 0.341. The molecule has 0 spiro atoms. The van der Waals surface area contributed by atoms with Crippen molar-refractivity contribution in [1.29, 1.82) is 0 Å². The lowest BCUT2D eigenvalue weighted by molar-refractivity contribution is 0.234. The molecule has 3 rings (SSSR count). The van der Waals surface area contributed by atoms with Crippen molar-refractivity contribution in [2.24, 2.45) is 0 Å². The lowest BCUT2D eigenvalue weighted by atomic mass is 10.1. The van der Waals surface area contributed by atoms with Gasteiger partial charge in [0.05, 0.1) is 6.54 Å². The van der Waals surface area contributed by atoms with Crippen LogP contribution < -0.4 is 5.32 Å². The van der Waals surface area contributed by atoms with E-state index >= 15 is 0 Å². The zero-order valence-electron chi connectivity index (χ0n) is 13.1. The molecule has 1 saturated heterocycles. The molecule has 114 valence electrons. The van der Waals surface area contributed by atoms with E-state index in [1.807, 2.05) is 13.1 Å². The van der Waals surface area contributed by atoms with Crippen LogP contribution in [0.15, 0.2) is 28.7 Å². The van der Waals surface area contributed by atoms with Crippen LogP contribution in [0, 0.1) is 0 Å². The van der Waals surface area contributed by atoms with Crippen LogP contribution in [0.1, 0.15) is 25.2 Å². The van der Waals surface area contributed by atoms with Crippen molar-refractivity contribution < 1.29 is 4.42 Å². The topological polar surface area (TPSA) is 28.4 Å². The molecule has 2 aromatic rings. The van der Waals surface area contributed by atoms with Crippen molar-refractivity contribution >= 4 is 22.7 Å². The first-order valence-electron chi connectivity index (χ1n) is 7.59. The molecule has 0 radical (unpaired) electrons. The highest BCUT2D eigenvalue weighted by Gasteiger charge is 2.28. The minimum atomic E-state index is 0.341. The molecule has 0 bridgehead atoms. The molecular formula is C17H24N2OS. The maximum atomic E-state index is 6.13. The largest absolute Gasteiger partial charge is 0.459 e. The van der Waals surface area contributed by atoms with E-state index in [2.05, 4.69) is 54.0 Å². The first kappa shape index (κ1) is 14.9. The first-order chi connectivity index (χ1) is 10.1. The van der Waals surface area contributed by atoms with Gasteiger partial charge in [-0.25, -0.2) is 0 Å². The third-order valence-corrected chi connectivity index (χ3v) is 5.30. The van der Waals surface area contributed by atoms with E-state index in [0.717, 1.165) is 37.5 Å². The van der Waals surface area contributed by atoms with Gasteiger partial charge >= 0.3 is 0 Å². The van der Waals surface area contributed by atoms with Gasteiger partial charge in [-0.2, -0.15) is 11.8 Å². The van der Waals surface area contributed by atoms with Crippen LogP contribution in [-0.2, 0) is 13.1 Å². The molecule has 1 fully saturated rings. The Morgan fingerprint density at radius 1 is 1.33 bits per heavy atom. The van der Waals surface area contributed by atoms with Crippen molar-refractivity contribution in [3.8, 4) is 0 Å². The molecule has 0 aliphatic carbocycles. The van der Waals surface area contributed by atoms with Crippen LogP contribution in [0.5, 0.6) is 0 Å². The Labute approximate surface area is 131 Å². The fourth-order valence-electron chi connectivity index (χ4n) is 3.10. The van der Waals surface area contributed by atoms with Crippen LogP contribution in [0.25, 0.3) is 11.0 Å². The predicted molar refractivity (Wildman–Crippen MR) is 90.8 cm³/mol. The summed E-state index contributed by atoms with van der Waals surface area (Å²) < 4.78 is 6.47. The average Bonchev–Trinajstić information content (AvgIpc) is 2.76. The van der Waals surface area contributed by atoms with Gasteiger partial charge in [0.15, 0.2) is 0 Å². The number of nitrogens with one attached hydrogen (secondary N) is 1. The van der Waals surface area contributed by atoms with E-state index in [4.69, 9.17) is 4.42 Å². The minimum Gasteiger partial charge on any atom is -0.459 e. The average molecular weight is 304 g/mol. The van der Waals surface area contributed by atoms with Gasteiger partial charge in [-0.1, -0.05) is 18.2 Å². The van der Waals surface area contributed by atoms with Crippen LogP contribution in [-0.4, -0.2) is 35.5 Å². The summed E-state index contributed by atoms with van der Waals surface area (Å²) >= 11 is 2.07. The number of furan rings is 1. The Bertz CT molecular complexity index is 620. The zero-order valence-corrected chi connectivity index (χ0v) is 13.9. The standard InChI is InChI=1S/C17H24N2OS/c1-17(2)12-19(8-9-21-17)11-16-14(10-18-3)13-6-4-5-7-15(13)20-16/h4-7,18H,8-12H2,1-3H3. The Kier molecular flexibility index (Phi) is 4.29. The van der Waals surface area contributed by atoms with Gasteiger partial charge in [-0.3, -0.25) is 4.90 Å². The molecule has 1 aliphatic rings. The predicted octanol–water partition coefficient (Wildman–Crippen LogP) is 3.48. The van der Waals surface area contributed by atoms with E-state index in [1.54, 1.807) is 0 Å². The highest BCUT2D eigenvalue weighted by atomic mass is 32.2. The highest BCUT2D eigenvalue weighted by Crippen LogP contribution is 2.32. The lowest BCUT2D eigenvalue weighted by Crippen LogP contribution is -2.42. The van der Waals surface area contributed by atoms with Crippen molar-refractivity contribution in [2.45, 2.75) is 31.7 Å². The number of rotatable bonds is 4. The molecule has 0 saturated carbocycles. The quantitative estimate of drug-likeness (QED) is 0.936. The van der Waals surface area contributed by atoms with Gasteiger partial charge < -0.3 is 9.73 Å². The van der Waals surface area contributed by atoms with E-state index in [1.165, 1.54) is 16.7 Å². The summed E-state index contributed by atoms with van der Waals surface area (Å²) in [5, 5.41) is 4.52. The Morgan fingerprint density at radius 2 is 2.14 bits per heavy atom. The number of nitrogens with zero attached hydrogens (tertiary/aromatic N) is 1. The van der Waals surface area contributed by atoms with Gasteiger partial charge in [0, 0.05) is 41.1 Å². The molecule has 1 aromatic carbocycles. The SMILES string of the molecule is CNCc1c(CN2CCSC(C)(C)C2)oc2ccccc12. The van der Waals surface area contributed by atoms with Gasteiger partial charge in [0.25, 0.3) is 0 Å². The fraction of sp³-hybridized carbons (Fsp3) is 0.529. The summed E-state index contributed by atoms with van der Waals surface area (Å²) in [7, 11) is 1.99. The monoisotopic (exact) mass is 304 g/mol. The number of hydrogen-bond acceptors (Lipinski definition) is 4. The van der Waals surface area contributed by atoms with Gasteiger partial charge in [-0.15, -0.1) is 0 Å². The highest BCUT2D eigenvalue weighted by molar-refractivity contribution is 8.00. The van der Waals surface area contributed by atoms with Crippen molar-refractivity contribution in [2.75, 3.05) is 25.9 Å². The number of hydrogen-bond donors (Lipinski definition) is 1. The second-order valence-corrected chi connectivity index (χ2v) is 8.15. The van der Waals surface area contributed by atoms with Crippen LogP contribution >= 0.6 is 11.8 Å². The molecule has 4 heteroatoms. The van der Waals surface area contributed by atoms with Crippen molar-refractivity contribution in [3.63, 3.8) is 0 Å². The Morgan fingerprint density at radius 3 is 2.90 bits per heavy atom. The molecule has 0 atom stereocenters. The van der Waals surface area contributed by atoms with E-state index in [9.17, 15) is 0 Å². The van der Waals surface area contributed by atoms with E-state index in [-0.39, 0.29) is 0 Å². The van der Waals surface area contributed by atoms with Gasteiger partial charge in [0.2, 0.25) is 0 Å². The molecule has 3 nitrogen and oxygen atoms in total. The molecule has 1 aromatic heterocycles. The van der Waals surface area contributed by atoms with E-state index in [0.29, 0.717) is 4.75 Å². The summed E-state index contributed by atoms with van der Waals surface area (Å²) in [5.41, 5.74) is 2.31. The second kappa shape index (κ2) is 6.03. The molecule has 1 N–H and O–H groups in total. The normalized spacial score (nSPS) is 19.2. The molecular weight excluding hydrogens is 280 g/mol. The summed E-state index contributed by atoms with van der Waals surface area (Å²) in [6.45, 7) is 8.69. The van der Waals surface area contributed by atoms with E-state index < -0.39 is 0 Å². The summed E-state index contributed by atoms with van der Waals surface area (Å²) in [6, 6.07) is 8.35. The molecule has 0 amide bonds. The third-order valence-electron chi connectivity index (χ3n) is 4.01. The zero-order chi connectivity index (χ0) is 14.9. The van der Waals surface area contributed by atoms with Crippen LogP contribution in [0.4, 0.5) is 0 Å². The second-order valence-electron chi connectivity index (χ2n) is 6.35. The first-order valence-corrected chi connectivity index (χ1v) is 8.58. The fourth-order valence-corrected chi connectivity index (χ4v) is 4.28. The number of fused-ring (bicyclic) bond motifs is 1. The number of para-hydroxylation sites is 1. The summed E-state index contributed by atoms with van der Waals surface area (Å²) in [4.78, 5) is 2.52. The smallest absolute Gasteiger partial charge is 0.134 e. The molecule has 0 unspecified atom stereocenters. The lowest BCUT2D eigenvalue weighted by Gasteiger charge is -2.37. The number of benzene rings is 1. The summed E-state index contributed by atoms with van der Waals surface area (Å²) in [5.74, 6) is 2.32. The van der Waals surface area contributed by atoms with Crippen LogP contribution in [0.2, 0.25) is 0 Å². The van der Waals surface area contributed by atoms with Crippen molar-refractivity contribution in [1.82, 2.24) is 10.2 Å². The Balaban J connectivity index is 1.87. The number of thioether (sulfide) groups is 1. The van der Waals surface area contributed by atoms with Gasteiger partial charge in [-0.05, 0) is 27.0 Å². The van der Waals surface area contributed by atoms with Crippen molar-refractivity contribution in [3.05, 3.63) is 35.6 Å². The van der Waals surface area contributed by atoms with Crippen LogP contribution in [0.3, 0.4) is 0 Å². The molecule has 2 heterocycles. The van der Waals surface area contributed by atoms with Gasteiger partial charge in [0.1, 0.15) is 11.3 Å². The molecule has 21 heavy (non-hydrogen) atoms. The molecule has 1 aliphatic heterocycles. The summed E-state index contributed by atoms with van der Waals surface area (Å²) in [6.07, 6.45) is 0.